The van der Waals surface area contributed by atoms with E-state index in [0.29, 0.717) is 6.61 Å². The van der Waals surface area contributed by atoms with Crippen LogP contribution in [0.2, 0.25) is 0 Å². The summed E-state index contributed by atoms with van der Waals surface area (Å²) in [4.78, 5) is 0. The summed E-state index contributed by atoms with van der Waals surface area (Å²) in [6, 6.07) is 13.3. The van der Waals surface area contributed by atoms with Gasteiger partial charge in [0.05, 0.1) is 13.2 Å². The number of benzene rings is 2. The van der Waals surface area contributed by atoms with Crippen LogP contribution >= 0.6 is 15.9 Å². The van der Waals surface area contributed by atoms with Crippen molar-refractivity contribution < 1.29 is 14.6 Å². The molecule has 1 N–H and O–H groups in total. The number of methoxy groups -OCH3 is 1. The molecule has 2 aromatic rings. The summed E-state index contributed by atoms with van der Waals surface area (Å²) < 4.78 is 11.7. The van der Waals surface area contributed by atoms with Crippen molar-refractivity contribution in [2.75, 3.05) is 7.11 Å². The second kappa shape index (κ2) is 6.70. The Morgan fingerprint density at radius 2 is 1.89 bits per heavy atom. The third kappa shape index (κ3) is 3.80. The monoisotopic (exact) mass is 322 g/mol. The van der Waals surface area contributed by atoms with Gasteiger partial charge >= 0.3 is 0 Å². The van der Waals surface area contributed by atoms with Crippen LogP contribution in [0.4, 0.5) is 0 Å². The molecule has 0 radical (unpaired) electrons. The smallest absolute Gasteiger partial charge is 0.128 e. The Bertz CT molecular complexity index is 555. The van der Waals surface area contributed by atoms with Crippen LogP contribution in [-0.2, 0) is 18.0 Å². The predicted molar refractivity (Wildman–Crippen MR) is 77.3 cm³/mol. The van der Waals surface area contributed by atoms with Crippen molar-refractivity contribution in [1.82, 2.24) is 0 Å². The van der Waals surface area contributed by atoms with Gasteiger partial charge in [-0.25, -0.2) is 0 Å². The van der Waals surface area contributed by atoms with Gasteiger partial charge in [-0.05, 0) is 35.4 Å². The lowest BCUT2D eigenvalue weighted by Crippen LogP contribution is -1.91. The van der Waals surface area contributed by atoms with E-state index in [2.05, 4.69) is 15.9 Å². The van der Waals surface area contributed by atoms with E-state index in [4.69, 9.17) is 14.6 Å². The number of halogens is 1. The van der Waals surface area contributed by atoms with Crippen molar-refractivity contribution in [2.45, 2.75) is 13.2 Å². The Labute approximate surface area is 120 Å². The van der Waals surface area contributed by atoms with Gasteiger partial charge in [0.15, 0.2) is 0 Å². The van der Waals surface area contributed by atoms with E-state index in [-0.39, 0.29) is 6.61 Å². The lowest BCUT2D eigenvalue weighted by molar-refractivity contribution is 0.184. The molecule has 0 saturated heterocycles. The van der Waals surface area contributed by atoms with Gasteiger partial charge in [0.25, 0.3) is 0 Å². The van der Waals surface area contributed by atoms with Crippen LogP contribution in [0.3, 0.4) is 0 Å². The Hall–Kier alpha value is -1.36. The lowest BCUT2D eigenvalue weighted by Gasteiger charge is -2.09. The van der Waals surface area contributed by atoms with Crippen LogP contribution in [-0.4, -0.2) is 12.2 Å². The van der Waals surface area contributed by atoms with E-state index in [0.717, 1.165) is 27.1 Å². The molecule has 0 saturated carbocycles. The molecule has 3 nitrogen and oxygen atoms in total. The van der Waals surface area contributed by atoms with Gasteiger partial charge in [-0.1, -0.05) is 34.1 Å². The fourth-order valence-corrected chi connectivity index (χ4v) is 2.20. The van der Waals surface area contributed by atoms with E-state index >= 15 is 0 Å². The van der Waals surface area contributed by atoms with Crippen LogP contribution in [0.15, 0.2) is 46.9 Å². The Morgan fingerprint density at radius 3 is 2.58 bits per heavy atom. The maximum absolute atomic E-state index is 9.11. The van der Waals surface area contributed by atoms with Crippen LogP contribution < -0.4 is 4.74 Å². The van der Waals surface area contributed by atoms with Crippen LogP contribution in [0.1, 0.15) is 11.1 Å². The third-order valence-corrected chi connectivity index (χ3v) is 3.38. The van der Waals surface area contributed by atoms with Gasteiger partial charge < -0.3 is 14.6 Å². The Morgan fingerprint density at radius 1 is 1.11 bits per heavy atom. The first-order chi connectivity index (χ1) is 9.22. The topological polar surface area (TPSA) is 38.7 Å². The molecule has 0 spiro atoms. The van der Waals surface area contributed by atoms with Gasteiger partial charge in [-0.15, -0.1) is 0 Å². The summed E-state index contributed by atoms with van der Waals surface area (Å²) in [5, 5.41) is 9.11. The standard InChI is InChI=1S/C15H15BrO3/c1-18-10-11-3-2-4-13(7-11)19-14-6-5-12(9-17)15(16)8-14/h2-8,17H,9-10H2,1H3. The lowest BCUT2D eigenvalue weighted by atomic mass is 10.2. The van der Waals surface area contributed by atoms with Gasteiger partial charge in [-0.2, -0.15) is 0 Å². The first-order valence-electron chi connectivity index (χ1n) is 5.88. The van der Waals surface area contributed by atoms with Crippen molar-refractivity contribution in [3.8, 4) is 11.5 Å². The zero-order valence-corrected chi connectivity index (χ0v) is 12.2. The molecule has 0 aliphatic carbocycles. The molecule has 0 heterocycles. The second-order valence-electron chi connectivity index (χ2n) is 4.09. The molecule has 0 fully saturated rings. The number of aliphatic hydroxyl groups is 1. The van der Waals surface area contributed by atoms with Crippen molar-refractivity contribution >= 4 is 15.9 Å². The first-order valence-corrected chi connectivity index (χ1v) is 6.67. The highest BCUT2D eigenvalue weighted by molar-refractivity contribution is 9.10. The summed E-state index contributed by atoms with van der Waals surface area (Å²) in [5.74, 6) is 1.48. The van der Waals surface area contributed by atoms with Gasteiger partial charge in [-0.3, -0.25) is 0 Å². The zero-order valence-electron chi connectivity index (χ0n) is 10.6. The van der Waals surface area contributed by atoms with E-state index in [9.17, 15) is 0 Å². The molecule has 0 unspecified atom stereocenters. The maximum Gasteiger partial charge on any atom is 0.128 e. The number of hydrogen-bond donors (Lipinski definition) is 1. The molecular weight excluding hydrogens is 308 g/mol. The Balaban J connectivity index is 2.16. The van der Waals surface area contributed by atoms with Gasteiger partial charge in [0.1, 0.15) is 11.5 Å². The maximum atomic E-state index is 9.11. The summed E-state index contributed by atoms with van der Waals surface area (Å²) in [6.07, 6.45) is 0. The largest absolute Gasteiger partial charge is 0.457 e. The summed E-state index contributed by atoms with van der Waals surface area (Å²) in [6.45, 7) is 0.564. The quantitative estimate of drug-likeness (QED) is 0.907. The molecule has 4 heteroatoms. The summed E-state index contributed by atoms with van der Waals surface area (Å²) >= 11 is 3.40. The Kier molecular flexibility index (Phi) is 4.96. The number of aliphatic hydroxyl groups excluding tert-OH is 1. The van der Waals surface area contributed by atoms with E-state index in [1.807, 2.05) is 42.5 Å². The van der Waals surface area contributed by atoms with E-state index in [1.165, 1.54) is 0 Å². The molecule has 0 bridgehead atoms. The summed E-state index contributed by atoms with van der Waals surface area (Å²) in [7, 11) is 1.66. The third-order valence-electron chi connectivity index (χ3n) is 2.64. The second-order valence-corrected chi connectivity index (χ2v) is 4.95. The fourth-order valence-electron chi connectivity index (χ4n) is 1.72. The predicted octanol–water partition coefficient (Wildman–Crippen LogP) is 3.88. The van der Waals surface area contributed by atoms with E-state index < -0.39 is 0 Å². The molecule has 0 amide bonds. The minimum absolute atomic E-state index is 0.00415. The van der Waals surface area contributed by atoms with Gasteiger partial charge in [0, 0.05) is 11.6 Å². The highest BCUT2D eigenvalue weighted by atomic mass is 79.9. The van der Waals surface area contributed by atoms with Crippen LogP contribution in [0.5, 0.6) is 11.5 Å². The van der Waals surface area contributed by atoms with E-state index in [1.54, 1.807) is 7.11 Å². The highest BCUT2D eigenvalue weighted by Crippen LogP contribution is 2.27. The average Bonchev–Trinajstić information content (AvgIpc) is 2.40. The molecule has 100 valence electrons. The average molecular weight is 323 g/mol. The fraction of sp³-hybridized carbons (Fsp3) is 0.200. The number of hydrogen-bond acceptors (Lipinski definition) is 3. The SMILES string of the molecule is COCc1cccc(Oc2ccc(CO)c(Br)c2)c1. The molecule has 0 aromatic heterocycles. The van der Waals surface area contributed by atoms with Crippen molar-refractivity contribution in [2.24, 2.45) is 0 Å². The molecule has 0 aliphatic rings. The molecule has 0 aliphatic heterocycles. The molecule has 2 aromatic carbocycles. The van der Waals surface area contributed by atoms with Crippen molar-refractivity contribution in [1.29, 1.82) is 0 Å². The zero-order chi connectivity index (χ0) is 13.7. The van der Waals surface area contributed by atoms with Crippen molar-refractivity contribution in [3.05, 3.63) is 58.1 Å². The minimum atomic E-state index is 0.00415. The van der Waals surface area contributed by atoms with Gasteiger partial charge in [0.2, 0.25) is 0 Å². The van der Waals surface area contributed by atoms with Crippen LogP contribution in [0.25, 0.3) is 0 Å². The molecule has 0 atom stereocenters. The first kappa shape index (κ1) is 14.1. The molecular formula is C15H15BrO3. The minimum Gasteiger partial charge on any atom is -0.457 e. The highest BCUT2D eigenvalue weighted by Gasteiger charge is 2.03. The summed E-state index contributed by atoms with van der Waals surface area (Å²) in [5.41, 5.74) is 1.89. The normalized spacial score (nSPS) is 10.5. The molecule has 2 rings (SSSR count). The number of ether oxygens (including phenoxy) is 2. The van der Waals surface area contributed by atoms with Crippen LogP contribution in [0, 0.1) is 0 Å². The molecule has 19 heavy (non-hydrogen) atoms. The van der Waals surface area contributed by atoms with Crippen molar-refractivity contribution in [3.63, 3.8) is 0 Å². The number of rotatable bonds is 5.